The summed E-state index contributed by atoms with van der Waals surface area (Å²) in [6.45, 7) is 3.12. The van der Waals surface area contributed by atoms with Crippen LogP contribution < -0.4 is 5.32 Å². The van der Waals surface area contributed by atoms with E-state index in [0.29, 0.717) is 5.56 Å². The molecule has 0 radical (unpaired) electrons. The van der Waals surface area contributed by atoms with E-state index in [1.54, 1.807) is 36.5 Å². The lowest BCUT2D eigenvalue weighted by Crippen LogP contribution is -2.50. The molecule has 1 rings (SSSR count). The molecule has 7 heteroatoms. The van der Waals surface area contributed by atoms with Crippen molar-refractivity contribution >= 4 is 5.91 Å². The zero-order chi connectivity index (χ0) is 14.8. The molecule has 106 valence electrons. The van der Waals surface area contributed by atoms with Crippen LogP contribution in [0.25, 0.3) is 0 Å². The van der Waals surface area contributed by atoms with Crippen LogP contribution in [0.2, 0.25) is 0 Å². The number of rotatable bonds is 3. The normalized spacial score (nSPS) is 14.1. The summed E-state index contributed by atoms with van der Waals surface area (Å²) < 4.78 is 61.4. The van der Waals surface area contributed by atoms with Gasteiger partial charge in [-0.15, -0.1) is 0 Å². The minimum absolute atomic E-state index is 0.442. The van der Waals surface area contributed by atoms with Gasteiger partial charge in [0, 0.05) is 0 Å². The first-order chi connectivity index (χ1) is 8.55. The van der Waals surface area contributed by atoms with Gasteiger partial charge in [0.05, 0.1) is 6.04 Å². The highest BCUT2D eigenvalue weighted by Crippen LogP contribution is 2.35. The fourth-order valence-corrected chi connectivity index (χ4v) is 1.35. The van der Waals surface area contributed by atoms with Crippen molar-refractivity contribution in [2.45, 2.75) is 32.0 Å². The summed E-state index contributed by atoms with van der Waals surface area (Å²) in [5.74, 6) is -7.75. The molecule has 0 aromatic heterocycles. The molecule has 0 fully saturated rings. The van der Waals surface area contributed by atoms with Gasteiger partial charge in [-0.3, -0.25) is 4.79 Å². The van der Waals surface area contributed by atoms with Crippen LogP contribution in [-0.2, 0) is 4.79 Å². The van der Waals surface area contributed by atoms with Crippen molar-refractivity contribution in [2.75, 3.05) is 0 Å². The van der Waals surface area contributed by atoms with E-state index in [1.807, 2.05) is 0 Å². The zero-order valence-corrected chi connectivity index (χ0v) is 10.2. The van der Waals surface area contributed by atoms with Gasteiger partial charge in [-0.25, -0.2) is 0 Å². The first kappa shape index (κ1) is 15.4. The first-order valence-corrected chi connectivity index (χ1v) is 5.38. The third-order valence-electron chi connectivity index (χ3n) is 2.57. The maximum atomic E-state index is 12.7. The van der Waals surface area contributed by atoms with Crippen molar-refractivity contribution in [3.8, 4) is 0 Å². The highest BCUT2D eigenvalue weighted by atomic mass is 19.4. The van der Waals surface area contributed by atoms with Crippen LogP contribution in [0, 0.1) is 6.92 Å². The predicted octanol–water partition coefficient (Wildman–Crippen LogP) is 3.37. The number of benzene rings is 1. The molecule has 2 nitrogen and oxygen atoms in total. The Morgan fingerprint density at radius 2 is 1.58 bits per heavy atom. The van der Waals surface area contributed by atoms with E-state index in [-0.39, 0.29) is 0 Å². The summed E-state index contributed by atoms with van der Waals surface area (Å²) in [5.41, 5.74) is 1.35. The first-order valence-electron chi connectivity index (χ1n) is 5.38. The molecular weight excluding hydrogens is 269 g/mol. The zero-order valence-electron chi connectivity index (χ0n) is 10.2. The molecular formula is C12H12F5NO. The van der Waals surface area contributed by atoms with Crippen LogP contribution in [0.1, 0.15) is 24.1 Å². The number of amides is 1. The van der Waals surface area contributed by atoms with Crippen LogP contribution >= 0.6 is 0 Å². The van der Waals surface area contributed by atoms with Gasteiger partial charge in [0.1, 0.15) is 0 Å². The van der Waals surface area contributed by atoms with Gasteiger partial charge in [-0.05, 0) is 19.4 Å². The fourth-order valence-electron chi connectivity index (χ4n) is 1.35. The van der Waals surface area contributed by atoms with Crippen LogP contribution in [-0.4, -0.2) is 18.0 Å². The molecule has 1 N–H and O–H groups in total. The van der Waals surface area contributed by atoms with Gasteiger partial charge in [0.15, 0.2) is 0 Å². The van der Waals surface area contributed by atoms with E-state index in [2.05, 4.69) is 0 Å². The number of carbonyl (C=O) groups is 1. The van der Waals surface area contributed by atoms with Crippen molar-refractivity contribution in [3.05, 3.63) is 35.4 Å². The number of hydrogen-bond donors (Lipinski definition) is 1. The minimum Gasteiger partial charge on any atom is -0.344 e. The van der Waals surface area contributed by atoms with Crippen LogP contribution in [0.4, 0.5) is 22.0 Å². The molecule has 1 amide bonds. The van der Waals surface area contributed by atoms with Gasteiger partial charge in [0.25, 0.3) is 0 Å². The van der Waals surface area contributed by atoms with E-state index in [4.69, 9.17) is 0 Å². The van der Waals surface area contributed by atoms with E-state index in [0.717, 1.165) is 5.56 Å². The second kappa shape index (κ2) is 5.14. The maximum absolute atomic E-state index is 12.7. The van der Waals surface area contributed by atoms with Crippen LogP contribution in [0.15, 0.2) is 24.3 Å². The lowest BCUT2D eigenvalue weighted by atomic mass is 10.1. The standard InChI is InChI=1S/C12H12F5NO/c1-7-3-5-9(6-4-7)8(2)18-10(19)11(13,14)12(15,16)17/h3-6,8H,1-2H3,(H,18,19). The molecule has 1 aromatic carbocycles. The minimum atomic E-state index is -5.90. The van der Waals surface area contributed by atoms with E-state index in [1.165, 1.54) is 6.92 Å². The molecule has 0 saturated heterocycles. The molecule has 0 aliphatic carbocycles. The Kier molecular flexibility index (Phi) is 4.17. The number of alkyl halides is 5. The number of halogens is 5. The highest BCUT2D eigenvalue weighted by molar-refractivity contribution is 5.84. The number of hydrogen-bond acceptors (Lipinski definition) is 1. The van der Waals surface area contributed by atoms with Crippen LogP contribution in [0.5, 0.6) is 0 Å². The lowest BCUT2D eigenvalue weighted by molar-refractivity contribution is -0.270. The number of carbonyl (C=O) groups excluding carboxylic acids is 1. The quantitative estimate of drug-likeness (QED) is 0.846. The largest absolute Gasteiger partial charge is 0.463 e. The lowest BCUT2D eigenvalue weighted by Gasteiger charge is -2.21. The maximum Gasteiger partial charge on any atom is 0.463 e. The molecule has 0 bridgehead atoms. The Morgan fingerprint density at radius 1 is 1.11 bits per heavy atom. The van der Waals surface area contributed by atoms with Crippen molar-refractivity contribution in [1.82, 2.24) is 5.32 Å². The second-order valence-electron chi connectivity index (χ2n) is 4.18. The van der Waals surface area contributed by atoms with Gasteiger partial charge < -0.3 is 5.32 Å². The number of nitrogens with one attached hydrogen (secondary N) is 1. The molecule has 0 aliphatic heterocycles. The monoisotopic (exact) mass is 281 g/mol. The molecule has 1 aromatic rings. The van der Waals surface area contributed by atoms with E-state index in [9.17, 15) is 26.7 Å². The number of aryl methyl sites for hydroxylation is 1. The van der Waals surface area contributed by atoms with Gasteiger partial charge >= 0.3 is 18.0 Å². The molecule has 1 unspecified atom stereocenters. The van der Waals surface area contributed by atoms with Crippen molar-refractivity contribution in [3.63, 3.8) is 0 Å². The summed E-state index contributed by atoms with van der Waals surface area (Å²) in [7, 11) is 0. The third kappa shape index (κ3) is 3.42. The molecule has 19 heavy (non-hydrogen) atoms. The van der Waals surface area contributed by atoms with E-state index >= 15 is 0 Å². The molecule has 1 atom stereocenters. The fraction of sp³-hybridized carbons (Fsp3) is 0.417. The summed E-state index contributed by atoms with van der Waals surface area (Å²) in [4.78, 5) is 11.0. The summed E-state index contributed by atoms with van der Waals surface area (Å²) in [5, 5.41) is 1.65. The highest BCUT2D eigenvalue weighted by Gasteiger charge is 2.63. The summed E-state index contributed by atoms with van der Waals surface area (Å²) in [6, 6.07) is 5.49. The Balaban J connectivity index is 2.80. The van der Waals surface area contributed by atoms with Gasteiger partial charge in [-0.1, -0.05) is 29.8 Å². The summed E-state index contributed by atoms with van der Waals surface area (Å²) in [6.07, 6.45) is -5.90. The topological polar surface area (TPSA) is 29.1 Å². The van der Waals surface area contributed by atoms with Crippen molar-refractivity contribution in [1.29, 1.82) is 0 Å². The summed E-state index contributed by atoms with van der Waals surface area (Å²) >= 11 is 0. The SMILES string of the molecule is Cc1ccc(C(C)NC(=O)C(F)(F)C(F)(F)F)cc1. The molecule has 0 aliphatic rings. The van der Waals surface area contributed by atoms with Crippen molar-refractivity contribution in [2.24, 2.45) is 0 Å². The Bertz CT molecular complexity index is 452. The van der Waals surface area contributed by atoms with Gasteiger partial charge in [0.2, 0.25) is 0 Å². The smallest absolute Gasteiger partial charge is 0.344 e. The van der Waals surface area contributed by atoms with Gasteiger partial charge in [-0.2, -0.15) is 22.0 Å². The Morgan fingerprint density at radius 3 is 2.00 bits per heavy atom. The predicted molar refractivity (Wildman–Crippen MR) is 58.7 cm³/mol. The Hall–Kier alpha value is -1.66. The van der Waals surface area contributed by atoms with Crippen LogP contribution in [0.3, 0.4) is 0 Å². The molecule has 0 heterocycles. The van der Waals surface area contributed by atoms with Crippen molar-refractivity contribution < 1.29 is 26.7 Å². The molecule has 0 saturated carbocycles. The average molecular weight is 281 g/mol. The Labute approximate surface area is 106 Å². The average Bonchev–Trinajstić information content (AvgIpc) is 2.28. The second-order valence-corrected chi connectivity index (χ2v) is 4.18. The van der Waals surface area contributed by atoms with E-state index < -0.39 is 24.0 Å². The molecule has 0 spiro atoms. The third-order valence-corrected chi connectivity index (χ3v) is 2.57.